The third kappa shape index (κ3) is 3.41. The molecule has 3 heteroatoms. The first kappa shape index (κ1) is 14.2. The number of phenolic OH excluding ortho intramolecular Hbond substituents is 2. The molecular formula is C16H25NO2. The predicted octanol–water partition coefficient (Wildman–Crippen LogP) is 3.72. The van der Waals surface area contributed by atoms with Crippen molar-refractivity contribution in [3.05, 3.63) is 23.8 Å². The van der Waals surface area contributed by atoms with Gasteiger partial charge in [0.05, 0.1) is 5.56 Å². The summed E-state index contributed by atoms with van der Waals surface area (Å²) in [6.45, 7) is 4.27. The zero-order chi connectivity index (χ0) is 13.8. The van der Waals surface area contributed by atoms with Crippen LogP contribution in [0, 0.1) is 5.92 Å². The first-order chi connectivity index (χ1) is 9.11. The summed E-state index contributed by atoms with van der Waals surface area (Å²) < 4.78 is 0. The highest BCUT2D eigenvalue weighted by Gasteiger charge is 2.23. The van der Waals surface area contributed by atoms with Crippen molar-refractivity contribution < 1.29 is 10.2 Å². The highest BCUT2D eigenvalue weighted by Crippen LogP contribution is 2.34. The molecule has 1 aliphatic carbocycles. The molecule has 1 aromatic rings. The van der Waals surface area contributed by atoms with Crippen molar-refractivity contribution in [1.29, 1.82) is 0 Å². The van der Waals surface area contributed by atoms with Crippen LogP contribution in [-0.2, 0) is 0 Å². The molecular weight excluding hydrogens is 238 g/mol. The maximum Gasteiger partial charge on any atom is 0.124 e. The van der Waals surface area contributed by atoms with E-state index in [4.69, 9.17) is 0 Å². The fourth-order valence-corrected chi connectivity index (χ4v) is 3.16. The van der Waals surface area contributed by atoms with Crippen molar-refractivity contribution in [2.75, 3.05) is 0 Å². The Labute approximate surface area is 115 Å². The van der Waals surface area contributed by atoms with Crippen LogP contribution < -0.4 is 5.32 Å². The van der Waals surface area contributed by atoms with Gasteiger partial charge in [-0.05, 0) is 50.7 Å². The van der Waals surface area contributed by atoms with Gasteiger partial charge in [0.15, 0.2) is 0 Å². The highest BCUT2D eigenvalue weighted by atomic mass is 16.3. The second kappa shape index (κ2) is 6.29. The average molecular weight is 263 g/mol. The molecule has 1 atom stereocenters. The van der Waals surface area contributed by atoms with Crippen molar-refractivity contribution in [3.8, 4) is 11.5 Å². The molecule has 0 saturated heterocycles. The molecule has 19 heavy (non-hydrogen) atoms. The van der Waals surface area contributed by atoms with E-state index in [1.54, 1.807) is 18.2 Å². The third-order valence-electron chi connectivity index (χ3n) is 4.40. The largest absolute Gasteiger partial charge is 0.507 e. The number of hydrogen-bond donors (Lipinski definition) is 3. The summed E-state index contributed by atoms with van der Waals surface area (Å²) in [5.41, 5.74) is 0.611. The average Bonchev–Trinajstić information content (AvgIpc) is 2.39. The fraction of sp³-hybridized carbons (Fsp3) is 0.625. The van der Waals surface area contributed by atoms with Gasteiger partial charge in [-0.3, -0.25) is 0 Å². The molecule has 3 N–H and O–H groups in total. The molecule has 1 unspecified atom stereocenters. The van der Waals surface area contributed by atoms with E-state index in [-0.39, 0.29) is 17.5 Å². The Bertz CT molecular complexity index is 391. The van der Waals surface area contributed by atoms with Gasteiger partial charge in [0.2, 0.25) is 0 Å². The van der Waals surface area contributed by atoms with Gasteiger partial charge < -0.3 is 15.5 Å². The highest BCUT2D eigenvalue weighted by molar-refractivity contribution is 5.44. The minimum absolute atomic E-state index is 0.0237. The molecule has 0 radical (unpaired) electrons. The van der Waals surface area contributed by atoms with Crippen molar-refractivity contribution >= 4 is 0 Å². The number of benzene rings is 1. The monoisotopic (exact) mass is 263 g/mol. The van der Waals surface area contributed by atoms with E-state index in [9.17, 15) is 10.2 Å². The van der Waals surface area contributed by atoms with E-state index in [2.05, 4.69) is 12.2 Å². The molecule has 0 aliphatic heterocycles. The SMILES string of the molecule is CCC1CCC(NC(C)c2c(O)cccc2O)CC1. The van der Waals surface area contributed by atoms with E-state index in [0.717, 1.165) is 5.92 Å². The van der Waals surface area contributed by atoms with E-state index in [1.807, 2.05) is 6.92 Å². The van der Waals surface area contributed by atoms with Crippen LogP contribution in [0.5, 0.6) is 11.5 Å². The Morgan fingerprint density at radius 2 is 1.74 bits per heavy atom. The van der Waals surface area contributed by atoms with Crippen molar-refractivity contribution in [1.82, 2.24) is 5.32 Å². The van der Waals surface area contributed by atoms with Gasteiger partial charge in [-0.2, -0.15) is 0 Å². The number of rotatable bonds is 4. The lowest BCUT2D eigenvalue weighted by molar-refractivity contribution is 0.270. The Morgan fingerprint density at radius 3 is 2.26 bits per heavy atom. The molecule has 1 aromatic carbocycles. The zero-order valence-electron chi connectivity index (χ0n) is 11.9. The topological polar surface area (TPSA) is 52.5 Å². The van der Waals surface area contributed by atoms with Gasteiger partial charge in [-0.1, -0.05) is 19.4 Å². The van der Waals surface area contributed by atoms with E-state index in [1.165, 1.54) is 32.1 Å². The molecule has 0 amide bonds. The zero-order valence-corrected chi connectivity index (χ0v) is 11.9. The van der Waals surface area contributed by atoms with E-state index < -0.39 is 0 Å². The van der Waals surface area contributed by atoms with Crippen LogP contribution in [0.25, 0.3) is 0 Å². The van der Waals surface area contributed by atoms with Gasteiger partial charge in [0.1, 0.15) is 11.5 Å². The summed E-state index contributed by atoms with van der Waals surface area (Å²) in [5, 5.41) is 23.3. The normalized spacial score (nSPS) is 25.2. The van der Waals surface area contributed by atoms with Crippen LogP contribution >= 0.6 is 0 Å². The standard InChI is InChI=1S/C16H25NO2/c1-3-12-7-9-13(10-8-12)17-11(2)16-14(18)5-4-6-15(16)19/h4-6,11-13,17-19H,3,7-10H2,1-2H3. The molecule has 2 rings (SSSR count). The lowest BCUT2D eigenvalue weighted by Gasteiger charge is -2.31. The molecule has 1 saturated carbocycles. The molecule has 1 fully saturated rings. The van der Waals surface area contributed by atoms with Gasteiger partial charge in [-0.15, -0.1) is 0 Å². The van der Waals surface area contributed by atoms with Gasteiger partial charge >= 0.3 is 0 Å². The quantitative estimate of drug-likeness (QED) is 0.776. The van der Waals surface area contributed by atoms with E-state index >= 15 is 0 Å². The van der Waals surface area contributed by atoms with Crippen LogP contribution in [0.3, 0.4) is 0 Å². The maximum absolute atomic E-state index is 9.87. The number of aromatic hydroxyl groups is 2. The summed E-state index contributed by atoms with van der Waals surface area (Å²) in [5.74, 6) is 1.22. The van der Waals surface area contributed by atoms with Crippen LogP contribution in [0.1, 0.15) is 57.6 Å². The number of phenols is 2. The molecule has 1 aliphatic rings. The van der Waals surface area contributed by atoms with Crippen LogP contribution in [-0.4, -0.2) is 16.3 Å². The summed E-state index contributed by atoms with van der Waals surface area (Å²) >= 11 is 0. The van der Waals surface area contributed by atoms with Crippen molar-refractivity contribution in [2.45, 2.75) is 58.0 Å². The first-order valence-electron chi connectivity index (χ1n) is 7.38. The molecule has 0 aromatic heterocycles. The second-order valence-corrected chi connectivity index (χ2v) is 5.72. The molecule has 3 nitrogen and oxygen atoms in total. The van der Waals surface area contributed by atoms with Crippen LogP contribution in [0.15, 0.2) is 18.2 Å². The lowest BCUT2D eigenvalue weighted by Crippen LogP contribution is -2.35. The summed E-state index contributed by atoms with van der Waals surface area (Å²) in [6.07, 6.45) is 6.23. The van der Waals surface area contributed by atoms with Gasteiger partial charge in [0, 0.05) is 12.1 Å². The number of nitrogens with one attached hydrogen (secondary N) is 1. The summed E-state index contributed by atoms with van der Waals surface area (Å²) in [4.78, 5) is 0. The van der Waals surface area contributed by atoms with Crippen LogP contribution in [0.2, 0.25) is 0 Å². The minimum atomic E-state index is -0.0237. The third-order valence-corrected chi connectivity index (χ3v) is 4.40. The van der Waals surface area contributed by atoms with Crippen LogP contribution in [0.4, 0.5) is 0 Å². The van der Waals surface area contributed by atoms with Gasteiger partial charge in [-0.25, -0.2) is 0 Å². The van der Waals surface area contributed by atoms with Gasteiger partial charge in [0.25, 0.3) is 0 Å². The maximum atomic E-state index is 9.87. The van der Waals surface area contributed by atoms with Crippen molar-refractivity contribution in [2.24, 2.45) is 5.92 Å². The molecule has 0 spiro atoms. The fourth-order valence-electron chi connectivity index (χ4n) is 3.16. The number of hydrogen-bond acceptors (Lipinski definition) is 3. The van der Waals surface area contributed by atoms with Crippen molar-refractivity contribution in [3.63, 3.8) is 0 Å². The Hall–Kier alpha value is -1.22. The summed E-state index contributed by atoms with van der Waals surface area (Å²) in [6, 6.07) is 5.39. The molecule has 0 heterocycles. The predicted molar refractivity (Wildman–Crippen MR) is 77.4 cm³/mol. The van der Waals surface area contributed by atoms with E-state index in [0.29, 0.717) is 11.6 Å². The molecule has 106 valence electrons. The Kier molecular flexibility index (Phi) is 4.70. The summed E-state index contributed by atoms with van der Waals surface area (Å²) in [7, 11) is 0. The lowest BCUT2D eigenvalue weighted by atomic mass is 9.84. The smallest absolute Gasteiger partial charge is 0.124 e. The Morgan fingerprint density at radius 1 is 1.16 bits per heavy atom. The minimum Gasteiger partial charge on any atom is -0.507 e. The Balaban J connectivity index is 1.96. The first-order valence-corrected chi connectivity index (χ1v) is 7.38. The molecule has 0 bridgehead atoms. The second-order valence-electron chi connectivity index (χ2n) is 5.72.